The lowest BCUT2D eigenvalue weighted by atomic mass is 9.96. The van der Waals surface area contributed by atoms with Crippen molar-refractivity contribution in [1.29, 1.82) is 0 Å². The summed E-state index contributed by atoms with van der Waals surface area (Å²) in [7, 11) is 0. The molecular weight excluding hydrogens is 668 g/mol. The molecule has 1 atom stereocenters. The van der Waals surface area contributed by atoms with Crippen molar-refractivity contribution in [3.63, 3.8) is 0 Å². The number of carbonyl (C=O) groups excluding carboxylic acids is 2. The molecule has 0 radical (unpaired) electrons. The van der Waals surface area contributed by atoms with Crippen LogP contribution in [0, 0.1) is 0 Å². The number of allylic oxidation sites excluding steroid dienone is 6. The molecule has 0 heterocycles. The van der Waals surface area contributed by atoms with Gasteiger partial charge in [-0.1, -0.05) is 75.5 Å². The third-order valence-electron chi connectivity index (χ3n) is 5.41. The highest BCUT2D eigenvalue weighted by Crippen LogP contribution is 2.42. The topological polar surface area (TPSA) is 58.2 Å². The second kappa shape index (κ2) is 13.1. The number of carbonyl (C=O) groups is 2. The lowest BCUT2D eigenvalue weighted by Gasteiger charge is -2.19. The van der Waals surface area contributed by atoms with E-state index in [0.29, 0.717) is 0 Å². The maximum absolute atomic E-state index is 15.0. The van der Waals surface area contributed by atoms with Crippen molar-refractivity contribution >= 4 is 62.5 Å². The van der Waals surface area contributed by atoms with Crippen LogP contribution in [0.4, 0.5) is 30.7 Å². The van der Waals surface area contributed by atoms with E-state index in [1.807, 2.05) is 0 Å². The molecule has 0 saturated heterocycles. The smallest absolute Gasteiger partial charge is 0.345 e. The zero-order valence-corrected chi connectivity index (χ0v) is 23.4. The zero-order valence-electron chi connectivity index (χ0n) is 19.6. The van der Waals surface area contributed by atoms with Gasteiger partial charge < -0.3 is 10.6 Å². The summed E-state index contributed by atoms with van der Waals surface area (Å²) in [6.45, 7) is 1.79. The molecule has 39 heavy (non-hydrogen) atoms. The number of alkyl halides is 7. The maximum atomic E-state index is 15.0. The number of benzene rings is 1. The van der Waals surface area contributed by atoms with E-state index in [0.717, 1.165) is 30.4 Å². The monoisotopic (exact) mass is 684 g/mol. The fourth-order valence-corrected chi connectivity index (χ4v) is 4.23. The van der Waals surface area contributed by atoms with Gasteiger partial charge in [-0.2, -0.15) is 26.3 Å². The minimum atomic E-state index is -4.95. The minimum Gasteiger partial charge on any atom is -0.345 e. The van der Waals surface area contributed by atoms with Crippen LogP contribution in [-0.2, 0) is 9.59 Å². The first-order valence-corrected chi connectivity index (χ1v) is 13.1. The van der Waals surface area contributed by atoms with E-state index in [4.69, 9.17) is 34.8 Å². The predicted molar refractivity (Wildman–Crippen MR) is 139 cm³/mol. The molecule has 1 aromatic rings. The van der Waals surface area contributed by atoms with E-state index in [2.05, 4.69) is 27.8 Å². The Balaban J connectivity index is 2.30. The van der Waals surface area contributed by atoms with Crippen molar-refractivity contribution < 1.29 is 40.3 Å². The Morgan fingerprint density at radius 1 is 1.08 bits per heavy atom. The number of nitrogens with one attached hydrogen (secondary N) is 2. The predicted octanol–water partition coefficient (Wildman–Crippen LogP) is 7.91. The summed E-state index contributed by atoms with van der Waals surface area (Å²) in [5.41, 5.74) is -2.53. The summed E-state index contributed by atoms with van der Waals surface area (Å²) in [4.78, 5) is 24.8. The van der Waals surface area contributed by atoms with Gasteiger partial charge >= 0.3 is 12.4 Å². The van der Waals surface area contributed by atoms with Crippen LogP contribution >= 0.6 is 50.7 Å². The number of halogens is 11. The van der Waals surface area contributed by atoms with Crippen LogP contribution in [0.1, 0.15) is 24.3 Å². The van der Waals surface area contributed by atoms with E-state index >= 15 is 0 Å². The van der Waals surface area contributed by atoms with Crippen molar-refractivity contribution in [2.75, 3.05) is 11.9 Å². The molecule has 0 spiro atoms. The van der Waals surface area contributed by atoms with Crippen LogP contribution < -0.4 is 10.6 Å². The summed E-state index contributed by atoms with van der Waals surface area (Å²) in [5, 5.41) is 3.21. The second-order valence-corrected chi connectivity index (χ2v) is 10.1. The van der Waals surface area contributed by atoms with Gasteiger partial charge in [-0.15, -0.1) is 0 Å². The van der Waals surface area contributed by atoms with Gasteiger partial charge in [0.15, 0.2) is 0 Å². The number of rotatable bonds is 10. The van der Waals surface area contributed by atoms with Crippen LogP contribution in [0.2, 0.25) is 15.1 Å². The molecule has 0 bridgehead atoms. The van der Waals surface area contributed by atoms with E-state index in [9.17, 15) is 40.3 Å². The molecule has 15 heteroatoms. The van der Waals surface area contributed by atoms with Gasteiger partial charge in [0.25, 0.3) is 0 Å². The Labute approximate surface area is 242 Å². The first-order valence-electron chi connectivity index (χ1n) is 10.8. The van der Waals surface area contributed by atoms with Gasteiger partial charge in [0.1, 0.15) is 23.8 Å². The number of hydrogen-bond acceptors (Lipinski definition) is 2. The van der Waals surface area contributed by atoms with Crippen LogP contribution in [-0.4, -0.2) is 41.6 Å². The Hall–Kier alpha value is -2.02. The van der Waals surface area contributed by atoms with Gasteiger partial charge in [0.2, 0.25) is 11.8 Å². The summed E-state index contributed by atoms with van der Waals surface area (Å²) >= 11 is 20.5. The average Bonchev–Trinajstić information content (AvgIpc) is 3.61. The molecular formula is C24H19BrCl3F7N2O2. The Morgan fingerprint density at radius 3 is 2.08 bits per heavy atom. The second-order valence-electron chi connectivity index (χ2n) is 8.32. The molecule has 1 saturated carbocycles. The molecule has 2 N–H and O–H groups in total. The van der Waals surface area contributed by atoms with E-state index in [1.165, 1.54) is 0 Å². The van der Waals surface area contributed by atoms with Gasteiger partial charge in [-0.05, 0) is 36.6 Å². The molecule has 214 valence electrons. The van der Waals surface area contributed by atoms with Crippen LogP contribution in [0.15, 0.2) is 60.0 Å². The van der Waals surface area contributed by atoms with E-state index in [-0.39, 0.29) is 44.9 Å². The quantitative estimate of drug-likeness (QED) is 0.0865. The third kappa shape index (κ3) is 9.26. The average molecular weight is 687 g/mol. The van der Waals surface area contributed by atoms with Gasteiger partial charge in [-0.3, -0.25) is 9.59 Å². The van der Waals surface area contributed by atoms with E-state index in [1.54, 1.807) is 5.32 Å². The SMILES string of the molecule is C=CC(=C\C=C(/CBr)C(=O)NC1(C(=O)NCC(F)(F)F)CC1)/C(F)=C/C(c1cc(Cl)c(Cl)c(Cl)c1)C(F)(F)F. The summed E-state index contributed by atoms with van der Waals surface area (Å²) in [6, 6.07) is 1.81. The maximum Gasteiger partial charge on any atom is 0.405 e. The fourth-order valence-electron chi connectivity index (χ4n) is 3.17. The van der Waals surface area contributed by atoms with Crippen molar-refractivity contribution in [1.82, 2.24) is 10.6 Å². The van der Waals surface area contributed by atoms with Crippen molar-refractivity contribution in [2.45, 2.75) is 36.7 Å². The summed E-state index contributed by atoms with van der Waals surface area (Å²) in [6.07, 6.45) is -6.17. The highest BCUT2D eigenvalue weighted by molar-refractivity contribution is 9.09. The largest absolute Gasteiger partial charge is 0.405 e. The van der Waals surface area contributed by atoms with Crippen molar-refractivity contribution in [2.24, 2.45) is 0 Å². The molecule has 0 aliphatic heterocycles. The Bertz CT molecular complexity index is 1200. The first-order chi connectivity index (χ1) is 17.9. The molecule has 2 rings (SSSR count). The minimum absolute atomic E-state index is 0.0966. The van der Waals surface area contributed by atoms with Gasteiger partial charge in [-0.25, -0.2) is 4.39 Å². The normalized spacial score (nSPS) is 16.9. The fraction of sp³-hybridized carbons (Fsp3) is 0.333. The number of hydrogen-bond donors (Lipinski definition) is 2. The molecule has 1 aliphatic rings. The standard InChI is InChI=1S/C24H19BrCl3F7N2O2/c1-2-12(18(29)9-15(24(33,34)35)14-7-16(26)19(28)17(27)8-14)3-4-13(10-25)20(38)37-22(5-6-22)21(39)36-11-23(30,31)32/h2-4,7-9,15H,1,5-6,10-11H2,(H,36,39)(H,37,38)/b12-3+,13-4+,18-9-. The van der Waals surface area contributed by atoms with Gasteiger partial charge in [0.05, 0.1) is 15.1 Å². The lowest BCUT2D eigenvalue weighted by molar-refractivity contribution is -0.141. The summed E-state index contributed by atoms with van der Waals surface area (Å²) < 4.78 is 93.5. The summed E-state index contributed by atoms with van der Waals surface area (Å²) in [5.74, 6) is -5.68. The van der Waals surface area contributed by atoms with Gasteiger partial charge in [0, 0.05) is 16.5 Å². The van der Waals surface area contributed by atoms with Crippen LogP contribution in [0.25, 0.3) is 0 Å². The van der Waals surface area contributed by atoms with Crippen LogP contribution in [0.3, 0.4) is 0 Å². The molecule has 1 aliphatic carbocycles. The van der Waals surface area contributed by atoms with Crippen molar-refractivity contribution in [3.8, 4) is 0 Å². The Kier molecular flexibility index (Phi) is 11.1. The molecule has 2 amide bonds. The molecule has 0 aromatic heterocycles. The molecule has 1 unspecified atom stereocenters. The van der Waals surface area contributed by atoms with Crippen molar-refractivity contribution in [3.05, 3.63) is 80.6 Å². The van der Waals surface area contributed by atoms with Crippen LogP contribution in [0.5, 0.6) is 0 Å². The molecule has 1 aromatic carbocycles. The first kappa shape index (κ1) is 33.2. The highest BCUT2D eigenvalue weighted by Gasteiger charge is 2.52. The third-order valence-corrected chi connectivity index (χ3v) is 7.21. The zero-order chi connectivity index (χ0) is 29.8. The Morgan fingerprint density at radius 2 is 1.64 bits per heavy atom. The molecule has 1 fully saturated rings. The highest BCUT2D eigenvalue weighted by atomic mass is 79.9. The number of amides is 2. The molecule has 4 nitrogen and oxygen atoms in total. The van der Waals surface area contributed by atoms with E-state index < -0.39 is 59.1 Å². The lowest BCUT2D eigenvalue weighted by Crippen LogP contribution is -2.51.